The molecule has 0 amide bonds. The number of aliphatic hydroxyl groups is 5. The monoisotopic (exact) mass is 885 g/mol. The number of rotatable bonds is 37. The molecule has 0 aromatic carbocycles. The summed E-state index contributed by atoms with van der Waals surface area (Å²) >= 11 is 0. The van der Waals surface area contributed by atoms with E-state index in [4.69, 9.17) is 18.5 Å². The summed E-state index contributed by atoms with van der Waals surface area (Å²) in [6.07, 6.45) is 31.3. The van der Waals surface area contributed by atoms with Gasteiger partial charge in [0, 0.05) is 12.8 Å². The van der Waals surface area contributed by atoms with Gasteiger partial charge in [-0.2, -0.15) is 0 Å². The van der Waals surface area contributed by atoms with Crippen LogP contribution >= 0.6 is 7.82 Å². The van der Waals surface area contributed by atoms with E-state index in [1.165, 1.54) is 38.5 Å². The quantitative estimate of drug-likeness (QED) is 0.0149. The van der Waals surface area contributed by atoms with Crippen LogP contribution in [0.1, 0.15) is 168 Å². The molecule has 6 unspecified atom stereocenters. The van der Waals surface area contributed by atoms with Gasteiger partial charge in [0.1, 0.15) is 43.2 Å². The van der Waals surface area contributed by atoms with Crippen molar-refractivity contribution >= 4 is 19.8 Å². The number of unbranched alkanes of at least 4 members (excludes halogenated alkanes) is 15. The van der Waals surface area contributed by atoms with Gasteiger partial charge in [-0.15, -0.1) is 0 Å². The first-order chi connectivity index (χ1) is 29.4. The summed E-state index contributed by atoms with van der Waals surface area (Å²) in [5, 5.41) is 50.1. The lowest BCUT2D eigenvalue weighted by atomic mass is 9.85. The third kappa shape index (κ3) is 29.5. The van der Waals surface area contributed by atoms with Crippen molar-refractivity contribution in [1.29, 1.82) is 0 Å². The summed E-state index contributed by atoms with van der Waals surface area (Å²) < 4.78 is 33.5. The van der Waals surface area contributed by atoms with E-state index in [1.54, 1.807) is 0 Å². The van der Waals surface area contributed by atoms with Crippen LogP contribution in [0.3, 0.4) is 0 Å². The van der Waals surface area contributed by atoms with Crippen molar-refractivity contribution in [3.05, 3.63) is 60.8 Å². The first-order valence-corrected chi connectivity index (χ1v) is 24.6. The Kier molecular flexibility index (Phi) is 34.3. The molecule has 0 spiro atoms. The Morgan fingerprint density at radius 1 is 0.508 bits per heavy atom. The van der Waals surface area contributed by atoms with Crippen LogP contribution in [0, 0.1) is 0 Å². The standard InChI is InChI=1S/C47H81O13P/c1-3-5-7-9-11-13-15-17-19-20-22-24-26-28-30-32-34-36-41(49)59-39(38-58-61(55,56)60-47-45(53)43(51)42(50)44(52)46(47)54)37-57-40(48)35-33-31-29-27-25-23-21-18-16-14-12-10-8-6-4-2/h11-14,17-19,21,25,27,39,42-47,50-54H,3-10,15-16,20,22-24,26,28-38H2,1-2H3,(H,55,56)/b13-11-,14-12-,19-17-,21-18-,27-25-/t39-,42?,43-,44?,45?,46?,47?/m1/s1. The zero-order chi connectivity index (χ0) is 45.0. The SMILES string of the molecule is CCCCC/C=C\C/C=C\C/C=C\CCCCC(=O)OC[C@H](COP(=O)(O)OC1C(O)C(O)C(O)[C@@H](O)C1O)OC(=O)CCCCCCCCC/C=C\C/C=C\CCCCC. The second kappa shape index (κ2) is 37.0. The number of allylic oxidation sites excluding steroid dienone is 10. The van der Waals surface area contributed by atoms with Gasteiger partial charge in [-0.1, -0.05) is 132 Å². The normalized spacial score (nSPS) is 22.6. The van der Waals surface area contributed by atoms with E-state index in [0.717, 1.165) is 89.9 Å². The van der Waals surface area contributed by atoms with Gasteiger partial charge in [0.15, 0.2) is 6.10 Å². The van der Waals surface area contributed by atoms with Gasteiger partial charge in [0.2, 0.25) is 0 Å². The lowest BCUT2D eigenvalue weighted by Gasteiger charge is -2.41. The molecule has 0 saturated heterocycles. The van der Waals surface area contributed by atoms with Crippen molar-refractivity contribution in [3.63, 3.8) is 0 Å². The summed E-state index contributed by atoms with van der Waals surface area (Å²) in [7, 11) is -5.13. The smallest absolute Gasteiger partial charge is 0.462 e. The van der Waals surface area contributed by atoms with Crippen molar-refractivity contribution in [2.24, 2.45) is 0 Å². The van der Waals surface area contributed by atoms with Gasteiger partial charge in [-0.25, -0.2) is 4.57 Å². The molecule has 6 N–H and O–H groups in total. The molecule has 1 saturated carbocycles. The highest BCUT2D eigenvalue weighted by molar-refractivity contribution is 7.47. The van der Waals surface area contributed by atoms with Crippen LogP contribution in [-0.2, 0) is 32.7 Å². The maximum atomic E-state index is 12.8. The second-order valence-electron chi connectivity index (χ2n) is 15.9. The Morgan fingerprint density at radius 3 is 1.38 bits per heavy atom. The minimum atomic E-state index is -5.13. The van der Waals surface area contributed by atoms with E-state index < -0.39 is 75.7 Å². The van der Waals surface area contributed by atoms with Crippen LogP contribution in [0.2, 0.25) is 0 Å². The van der Waals surface area contributed by atoms with E-state index in [2.05, 4.69) is 74.6 Å². The molecule has 0 aliphatic heterocycles. The fraction of sp³-hybridized carbons (Fsp3) is 0.745. The number of hydrogen-bond donors (Lipinski definition) is 6. The minimum absolute atomic E-state index is 0.0770. The van der Waals surface area contributed by atoms with E-state index in [9.17, 15) is 44.6 Å². The Labute approximate surface area is 366 Å². The number of carbonyl (C=O) groups excluding carboxylic acids is 2. The molecule has 0 radical (unpaired) electrons. The Morgan fingerprint density at radius 2 is 0.885 bits per heavy atom. The molecule has 0 aromatic heterocycles. The van der Waals surface area contributed by atoms with Crippen LogP contribution < -0.4 is 0 Å². The third-order valence-electron chi connectivity index (χ3n) is 10.3. The number of phosphoric ester groups is 1. The molecule has 352 valence electrons. The van der Waals surface area contributed by atoms with Gasteiger partial charge in [0.05, 0.1) is 6.61 Å². The number of phosphoric acid groups is 1. The number of hydrogen-bond acceptors (Lipinski definition) is 12. The molecule has 0 aromatic rings. The van der Waals surface area contributed by atoms with Crippen molar-refractivity contribution in [1.82, 2.24) is 0 Å². The average molecular weight is 885 g/mol. The molecule has 1 fully saturated rings. The highest BCUT2D eigenvalue weighted by Gasteiger charge is 2.51. The molecule has 1 aliphatic rings. The number of esters is 2. The van der Waals surface area contributed by atoms with E-state index in [0.29, 0.717) is 12.8 Å². The topological polar surface area (TPSA) is 210 Å². The Balaban J connectivity index is 2.50. The van der Waals surface area contributed by atoms with Crippen LogP contribution in [0.5, 0.6) is 0 Å². The zero-order valence-corrected chi connectivity index (χ0v) is 38.1. The molecular formula is C47H81O13P. The Bertz CT molecular complexity index is 1300. The average Bonchev–Trinajstić information content (AvgIpc) is 3.24. The number of aliphatic hydroxyl groups excluding tert-OH is 5. The molecule has 61 heavy (non-hydrogen) atoms. The van der Waals surface area contributed by atoms with Gasteiger partial charge >= 0.3 is 19.8 Å². The Hall–Kier alpha value is -2.45. The molecule has 0 bridgehead atoms. The van der Waals surface area contributed by atoms with E-state index in [1.807, 2.05) is 0 Å². The maximum absolute atomic E-state index is 12.8. The summed E-state index contributed by atoms with van der Waals surface area (Å²) in [6.45, 7) is 3.20. The molecule has 1 rings (SSSR count). The second-order valence-corrected chi connectivity index (χ2v) is 17.3. The van der Waals surface area contributed by atoms with E-state index in [-0.39, 0.29) is 12.8 Å². The van der Waals surface area contributed by atoms with Crippen molar-refractivity contribution in [3.8, 4) is 0 Å². The van der Waals surface area contributed by atoms with Crippen molar-refractivity contribution in [2.45, 2.75) is 211 Å². The van der Waals surface area contributed by atoms with Crippen molar-refractivity contribution in [2.75, 3.05) is 13.2 Å². The van der Waals surface area contributed by atoms with Crippen LogP contribution in [0.15, 0.2) is 60.8 Å². The van der Waals surface area contributed by atoms with Crippen LogP contribution in [0.4, 0.5) is 0 Å². The zero-order valence-electron chi connectivity index (χ0n) is 37.2. The van der Waals surface area contributed by atoms with Crippen molar-refractivity contribution < 1.29 is 63.1 Å². The highest BCUT2D eigenvalue weighted by atomic mass is 31.2. The van der Waals surface area contributed by atoms with Gasteiger partial charge in [-0.3, -0.25) is 18.6 Å². The first-order valence-electron chi connectivity index (χ1n) is 23.1. The lowest BCUT2D eigenvalue weighted by Crippen LogP contribution is -2.64. The molecule has 0 heterocycles. The predicted molar refractivity (Wildman–Crippen MR) is 239 cm³/mol. The van der Waals surface area contributed by atoms with Gasteiger partial charge in [-0.05, 0) is 83.5 Å². The summed E-state index contributed by atoms with van der Waals surface area (Å²) in [5.74, 6) is -1.16. The van der Waals surface area contributed by atoms with Crippen LogP contribution in [-0.4, -0.2) is 98.3 Å². The summed E-state index contributed by atoms with van der Waals surface area (Å²) in [6, 6.07) is 0. The molecular weight excluding hydrogens is 803 g/mol. The molecule has 1 aliphatic carbocycles. The number of carbonyl (C=O) groups is 2. The van der Waals surface area contributed by atoms with Crippen LogP contribution in [0.25, 0.3) is 0 Å². The van der Waals surface area contributed by atoms with E-state index >= 15 is 0 Å². The van der Waals surface area contributed by atoms with Gasteiger partial charge < -0.3 is 39.9 Å². The van der Waals surface area contributed by atoms with Gasteiger partial charge in [0.25, 0.3) is 0 Å². The lowest BCUT2D eigenvalue weighted by molar-refractivity contribution is -0.220. The minimum Gasteiger partial charge on any atom is -0.462 e. The number of ether oxygens (including phenoxy) is 2. The predicted octanol–water partition coefficient (Wildman–Crippen LogP) is 8.94. The summed E-state index contributed by atoms with van der Waals surface area (Å²) in [5.41, 5.74) is 0. The molecule has 8 atom stereocenters. The fourth-order valence-corrected chi connectivity index (χ4v) is 7.53. The third-order valence-corrected chi connectivity index (χ3v) is 11.3. The fourth-order valence-electron chi connectivity index (χ4n) is 6.56. The maximum Gasteiger partial charge on any atom is 0.472 e. The largest absolute Gasteiger partial charge is 0.472 e. The highest BCUT2D eigenvalue weighted by Crippen LogP contribution is 2.47. The first kappa shape index (κ1) is 56.6. The molecule has 13 nitrogen and oxygen atoms in total. The summed E-state index contributed by atoms with van der Waals surface area (Å²) in [4.78, 5) is 35.7. The molecule has 14 heteroatoms.